The lowest BCUT2D eigenvalue weighted by Gasteiger charge is -2.26. The van der Waals surface area contributed by atoms with Crippen molar-refractivity contribution in [2.24, 2.45) is 5.92 Å². The Hall–Kier alpha value is -0.620. The minimum Gasteiger partial charge on any atom is -0.316 e. The van der Waals surface area contributed by atoms with Crippen LogP contribution in [-0.4, -0.2) is 39.0 Å². The zero-order valence-electron chi connectivity index (χ0n) is 10.0. The minimum atomic E-state index is 0.554. The summed E-state index contributed by atoms with van der Waals surface area (Å²) in [5.41, 5.74) is 0. The summed E-state index contributed by atoms with van der Waals surface area (Å²) in [5.74, 6) is 2.01. The van der Waals surface area contributed by atoms with Crippen LogP contribution in [0.2, 0.25) is 0 Å². The van der Waals surface area contributed by atoms with Gasteiger partial charge in [0, 0.05) is 5.75 Å². The van der Waals surface area contributed by atoms with Crippen LogP contribution >= 0.6 is 11.8 Å². The second kappa shape index (κ2) is 5.35. The average Bonchev–Trinajstić information content (AvgIpc) is 2.91. The van der Waals surface area contributed by atoms with Crippen molar-refractivity contribution in [3.05, 3.63) is 0 Å². The highest BCUT2D eigenvalue weighted by Gasteiger charge is 2.22. The van der Waals surface area contributed by atoms with Crippen LogP contribution in [0.25, 0.3) is 0 Å². The molecule has 0 aromatic carbocycles. The lowest BCUT2D eigenvalue weighted by atomic mass is 10.0. The van der Waals surface area contributed by atoms with Crippen molar-refractivity contribution in [1.82, 2.24) is 25.5 Å². The topological polar surface area (TPSA) is 55.6 Å². The number of nitrogens with one attached hydrogen (secondary N) is 1. The van der Waals surface area contributed by atoms with Crippen LogP contribution in [0.15, 0.2) is 5.16 Å². The van der Waals surface area contributed by atoms with E-state index >= 15 is 0 Å². The molecule has 0 bridgehead atoms. The summed E-state index contributed by atoms with van der Waals surface area (Å²) in [4.78, 5) is 0. The summed E-state index contributed by atoms with van der Waals surface area (Å²) in [5, 5.41) is 16.5. The molecular weight excluding hydrogens is 234 g/mol. The predicted octanol–water partition coefficient (Wildman–Crippen LogP) is 1.49. The first-order valence-electron chi connectivity index (χ1n) is 6.55. The molecule has 2 fully saturated rings. The lowest BCUT2D eigenvalue weighted by Crippen LogP contribution is -2.42. The quantitative estimate of drug-likeness (QED) is 0.806. The SMILES string of the molecule is C1CCC(n2nnnc2SCCC2CNC2)C1. The van der Waals surface area contributed by atoms with Gasteiger partial charge in [0.15, 0.2) is 0 Å². The van der Waals surface area contributed by atoms with Gasteiger partial charge in [0.1, 0.15) is 0 Å². The van der Waals surface area contributed by atoms with Crippen LogP contribution < -0.4 is 5.32 Å². The van der Waals surface area contributed by atoms with Gasteiger partial charge < -0.3 is 5.32 Å². The van der Waals surface area contributed by atoms with Gasteiger partial charge in [-0.3, -0.25) is 0 Å². The van der Waals surface area contributed by atoms with Gasteiger partial charge in [-0.15, -0.1) is 5.10 Å². The molecule has 1 saturated carbocycles. The molecule has 3 rings (SSSR count). The number of thioether (sulfide) groups is 1. The van der Waals surface area contributed by atoms with Gasteiger partial charge in [-0.1, -0.05) is 24.6 Å². The number of hydrogen-bond acceptors (Lipinski definition) is 5. The summed E-state index contributed by atoms with van der Waals surface area (Å²) in [7, 11) is 0. The largest absolute Gasteiger partial charge is 0.316 e. The Morgan fingerprint density at radius 3 is 2.82 bits per heavy atom. The summed E-state index contributed by atoms with van der Waals surface area (Å²) < 4.78 is 2.05. The molecular formula is C11H19N5S. The molecule has 0 spiro atoms. The second-order valence-electron chi connectivity index (χ2n) is 5.01. The van der Waals surface area contributed by atoms with Crippen LogP contribution in [0.3, 0.4) is 0 Å². The van der Waals surface area contributed by atoms with Gasteiger partial charge in [0.25, 0.3) is 0 Å². The van der Waals surface area contributed by atoms with E-state index in [4.69, 9.17) is 0 Å². The van der Waals surface area contributed by atoms with E-state index in [2.05, 4.69) is 25.5 Å². The van der Waals surface area contributed by atoms with E-state index < -0.39 is 0 Å². The summed E-state index contributed by atoms with van der Waals surface area (Å²) in [6, 6.07) is 0.554. The number of hydrogen-bond donors (Lipinski definition) is 1. The van der Waals surface area contributed by atoms with Gasteiger partial charge in [-0.2, -0.15) is 0 Å². The van der Waals surface area contributed by atoms with E-state index in [1.807, 2.05) is 11.8 Å². The smallest absolute Gasteiger partial charge is 0.209 e. The Morgan fingerprint density at radius 2 is 2.12 bits per heavy atom. The fourth-order valence-electron chi connectivity index (χ4n) is 2.53. The van der Waals surface area contributed by atoms with Crippen LogP contribution in [-0.2, 0) is 0 Å². The molecule has 17 heavy (non-hydrogen) atoms. The molecule has 1 aromatic heterocycles. The highest BCUT2D eigenvalue weighted by molar-refractivity contribution is 7.99. The molecule has 0 atom stereocenters. The Labute approximate surface area is 106 Å². The normalized spacial score (nSPS) is 21.9. The molecule has 2 heterocycles. The van der Waals surface area contributed by atoms with Crippen molar-refractivity contribution >= 4 is 11.8 Å². The zero-order valence-corrected chi connectivity index (χ0v) is 10.8. The minimum absolute atomic E-state index is 0.554. The van der Waals surface area contributed by atoms with Gasteiger partial charge in [0.05, 0.1) is 6.04 Å². The van der Waals surface area contributed by atoms with Gasteiger partial charge in [-0.25, -0.2) is 4.68 Å². The number of tetrazole rings is 1. The number of nitrogens with zero attached hydrogens (tertiary/aromatic N) is 4. The predicted molar refractivity (Wildman–Crippen MR) is 67.0 cm³/mol. The third-order valence-corrected chi connectivity index (χ3v) is 4.72. The fraction of sp³-hybridized carbons (Fsp3) is 0.909. The molecule has 2 aliphatic rings. The van der Waals surface area contributed by atoms with Gasteiger partial charge >= 0.3 is 0 Å². The second-order valence-corrected chi connectivity index (χ2v) is 6.07. The van der Waals surface area contributed by atoms with Crippen molar-refractivity contribution in [3.8, 4) is 0 Å². The van der Waals surface area contributed by atoms with E-state index in [-0.39, 0.29) is 0 Å². The van der Waals surface area contributed by atoms with E-state index in [1.54, 1.807) is 0 Å². The highest BCUT2D eigenvalue weighted by Crippen LogP contribution is 2.31. The van der Waals surface area contributed by atoms with Crippen LogP contribution in [0.4, 0.5) is 0 Å². The monoisotopic (exact) mass is 253 g/mol. The molecule has 1 saturated heterocycles. The third-order valence-electron chi connectivity index (χ3n) is 3.76. The Balaban J connectivity index is 1.52. The van der Waals surface area contributed by atoms with Crippen molar-refractivity contribution in [2.75, 3.05) is 18.8 Å². The first-order valence-corrected chi connectivity index (χ1v) is 7.53. The first-order chi connectivity index (χ1) is 8.43. The average molecular weight is 253 g/mol. The summed E-state index contributed by atoms with van der Waals surface area (Å²) in [6.45, 7) is 2.38. The summed E-state index contributed by atoms with van der Waals surface area (Å²) in [6.07, 6.45) is 6.40. The molecule has 5 nitrogen and oxygen atoms in total. The summed E-state index contributed by atoms with van der Waals surface area (Å²) >= 11 is 1.82. The van der Waals surface area contributed by atoms with Crippen LogP contribution in [0.1, 0.15) is 38.1 Å². The number of rotatable bonds is 5. The van der Waals surface area contributed by atoms with Gasteiger partial charge in [0.2, 0.25) is 5.16 Å². The molecule has 0 unspecified atom stereocenters. The standard InChI is InChI=1S/C11H19N5S/c1-2-4-10(3-1)16-11(13-14-15-16)17-6-5-9-7-12-8-9/h9-10,12H,1-8H2. The van der Waals surface area contributed by atoms with E-state index in [9.17, 15) is 0 Å². The molecule has 0 radical (unpaired) electrons. The zero-order chi connectivity index (χ0) is 11.5. The molecule has 94 valence electrons. The maximum atomic E-state index is 4.15. The maximum Gasteiger partial charge on any atom is 0.209 e. The van der Waals surface area contributed by atoms with Crippen molar-refractivity contribution in [1.29, 1.82) is 0 Å². The first kappa shape index (κ1) is 11.5. The van der Waals surface area contributed by atoms with Crippen molar-refractivity contribution < 1.29 is 0 Å². The highest BCUT2D eigenvalue weighted by atomic mass is 32.2. The van der Waals surface area contributed by atoms with E-state index in [0.29, 0.717) is 6.04 Å². The molecule has 1 aliphatic carbocycles. The van der Waals surface area contributed by atoms with Crippen molar-refractivity contribution in [2.45, 2.75) is 43.3 Å². The van der Waals surface area contributed by atoms with Gasteiger partial charge in [-0.05, 0) is 48.7 Å². The van der Waals surface area contributed by atoms with E-state index in [0.717, 1.165) is 16.8 Å². The van der Waals surface area contributed by atoms with Crippen LogP contribution in [0, 0.1) is 5.92 Å². The Kier molecular flexibility index (Phi) is 3.61. The molecule has 1 N–H and O–H groups in total. The Bertz CT molecular complexity index is 356. The lowest BCUT2D eigenvalue weighted by molar-refractivity contribution is 0.341. The molecule has 6 heteroatoms. The van der Waals surface area contributed by atoms with E-state index in [1.165, 1.54) is 45.2 Å². The maximum absolute atomic E-state index is 4.15. The third kappa shape index (κ3) is 2.63. The fourth-order valence-corrected chi connectivity index (χ4v) is 3.57. The molecule has 0 amide bonds. The molecule has 1 aromatic rings. The van der Waals surface area contributed by atoms with Crippen LogP contribution in [0.5, 0.6) is 0 Å². The number of aromatic nitrogens is 4. The molecule has 1 aliphatic heterocycles. The van der Waals surface area contributed by atoms with Crippen molar-refractivity contribution in [3.63, 3.8) is 0 Å². The Morgan fingerprint density at radius 1 is 1.29 bits per heavy atom.